The number of nitrogens with one attached hydrogen (secondary N) is 2. The molecule has 0 aromatic heterocycles. The van der Waals surface area contributed by atoms with Crippen molar-refractivity contribution in [2.75, 3.05) is 11.0 Å². The minimum atomic E-state index is -3.41. The van der Waals surface area contributed by atoms with Crippen molar-refractivity contribution in [2.24, 2.45) is 0 Å². The van der Waals surface area contributed by atoms with Crippen molar-refractivity contribution in [2.45, 2.75) is 13.0 Å². The Balaban J connectivity index is 2.16. The molecule has 0 fully saturated rings. The van der Waals surface area contributed by atoms with E-state index in [1.165, 1.54) is 6.07 Å². The van der Waals surface area contributed by atoms with Crippen molar-refractivity contribution in [3.05, 3.63) is 63.6 Å². The topological polar surface area (TPSA) is 75.3 Å². The molecule has 8 heteroatoms. The van der Waals surface area contributed by atoms with Crippen LogP contribution in [0, 0.1) is 0 Å². The highest BCUT2D eigenvalue weighted by atomic mass is 35.5. The predicted molar refractivity (Wildman–Crippen MR) is 97.3 cm³/mol. The minimum Gasteiger partial charge on any atom is -0.345 e. The highest BCUT2D eigenvalue weighted by Crippen LogP contribution is 2.26. The van der Waals surface area contributed by atoms with Gasteiger partial charge in [-0.1, -0.05) is 35.3 Å². The van der Waals surface area contributed by atoms with Crippen LogP contribution in [0.3, 0.4) is 0 Å². The first kappa shape index (κ1) is 18.6. The summed E-state index contributed by atoms with van der Waals surface area (Å²) >= 11 is 12.0. The standard InChI is InChI=1S/C16H16Cl2N2O3S/c1-10(14-7-6-12(17)9-15(14)18)19-16(21)11-4-3-5-13(8-11)20-24(2,22)23/h3-10,20H,1-2H3,(H,19,21). The van der Waals surface area contributed by atoms with E-state index in [1.807, 2.05) is 0 Å². The van der Waals surface area contributed by atoms with Gasteiger partial charge in [0.15, 0.2) is 0 Å². The van der Waals surface area contributed by atoms with E-state index in [9.17, 15) is 13.2 Å². The van der Waals surface area contributed by atoms with Gasteiger partial charge in [0.1, 0.15) is 0 Å². The SMILES string of the molecule is CC(NC(=O)c1cccc(NS(C)(=O)=O)c1)c1ccc(Cl)cc1Cl. The van der Waals surface area contributed by atoms with Gasteiger partial charge in [0.25, 0.3) is 5.91 Å². The van der Waals surface area contributed by atoms with Crippen LogP contribution in [-0.2, 0) is 10.0 Å². The molecule has 1 amide bonds. The maximum atomic E-state index is 12.4. The van der Waals surface area contributed by atoms with Crippen LogP contribution < -0.4 is 10.0 Å². The number of anilines is 1. The lowest BCUT2D eigenvalue weighted by atomic mass is 10.1. The maximum Gasteiger partial charge on any atom is 0.251 e. The van der Waals surface area contributed by atoms with Crippen molar-refractivity contribution in [1.82, 2.24) is 5.32 Å². The molecule has 2 aromatic rings. The number of carbonyl (C=O) groups is 1. The molecule has 2 N–H and O–H groups in total. The summed E-state index contributed by atoms with van der Waals surface area (Å²) < 4.78 is 24.9. The van der Waals surface area contributed by atoms with Gasteiger partial charge in [-0.3, -0.25) is 9.52 Å². The number of rotatable bonds is 5. The minimum absolute atomic E-state index is 0.322. The highest BCUT2D eigenvalue weighted by Gasteiger charge is 2.15. The van der Waals surface area contributed by atoms with Crippen LogP contribution in [0.5, 0.6) is 0 Å². The molecule has 128 valence electrons. The van der Waals surface area contributed by atoms with E-state index in [-0.39, 0.29) is 11.9 Å². The van der Waals surface area contributed by atoms with Gasteiger partial charge in [-0.25, -0.2) is 8.42 Å². The van der Waals surface area contributed by atoms with E-state index in [1.54, 1.807) is 43.3 Å². The van der Waals surface area contributed by atoms with Gasteiger partial charge in [-0.2, -0.15) is 0 Å². The van der Waals surface area contributed by atoms with E-state index in [4.69, 9.17) is 23.2 Å². The predicted octanol–water partition coefficient (Wildman–Crippen LogP) is 3.86. The summed E-state index contributed by atoms with van der Waals surface area (Å²) in [6.07, 6.45) is 1.05. The second-order valence-corrected chi connectivity index (χ2v) is 7.91. The van der Waals surface area contributed by atoms with Crippen molar-refractivity contribution >= 4 is 44.8 Å². The molecular weight excluding hydrogens is 371 g/mol. The number of hydrogen-bond donors (Lipinski definition) is 2. The fourth-order valence-electron chi connectivity index (χ4n) is 2.15. The Hall–Kier alpha value is -1.76. The normalized spacial score (nSPS) is 12.5. The lowest BCUT2D eigenvalue weighted by molar-refractivity contribution is 0.0940. The molecule has 0 heterocycles. The summed E-state index contributed by atoms with van der Waals surface area (Å²) in [7, 11) is -3.41. The molecular formula is C16H16Cl2N2O3S. The number of hydrogen-bond acceptors (Lipinski definition) is 3. The molecule has 0 bridgehead atoms. The first-order chi connectivity index (χ1) is 11.2. The molecule has 0 aliphatic rings. The summed E-state index contributed by atoms with van der Waals surface area (Å²) in [6, 6.07) is 10.9. The fraction of sp³-hybridized carbons (Fsp3) is 0.188. The van der Waals surface area contributed by atoms with Crippen LogP contribution in [0.2, 0.25) is 10.0 Å². The molecule has 0 saturated carbocycles. The molecule has 0 spiro atoms. The Morgan fingerprint density at radius 2 is 1.83 bits per heavy atom. The van der Waals surface area contributed by atoms with Gasteiger partial charge < -0.3 is 5.32 Å². The second kappa shape index (κ2) is 7.42. The van der Waals surface area contributed by atoms with Gasteiger partial charge in [0.2, 0.25) is 10.0 Å². The second-order valence-electron chi connectivity index (χ2n) is 5.32. The van der Waals surface area contributed by atoms with E-state index in [0.29, 0.717) is 21.3 Å². The van der Waals surface area contributed by atoms with E-state index < -0.39 is 10.0 Å². The van der Waals surface area contributed by atoms with Crippen LogP contribution in [0.4, 0.5) is 5.69 Å². The van der Waals surface area contributed by atoms with Crippen molar-refractivity contribution in [3.63, 3.8) is 0 Å². The molecule has 0 saturated heterocycles. The molecule has 0 radical (unpaired) electrons. The molecule has 0 aliphatic carbocycles. The maximum absolute atomic E-state index is 12.4. The van der Waals surface area contributed by atoms with E-state index >= 15 is 0 Å². The average molecular weight is 387 g/mol. The van der Waals surface area contributed by atoms with Crippen LogP contribution in [-0.4, -0.2) is 20.6 Å². The van der Waals surface area contributed by atoms with Crippen LogP contribution in [0.15, 0.2) is 42.5 Å². The third-order valence-corrected chi connectivity index (χ3v) is 4.37. The Labute approximate surface area is 151 Å². The third-order valence-electron chi connectivity index (χ3n) is 3.20. The Bertz CT molecular complexity index is 869. The fourth-order valence-corrected chi connectivity index (χ4v) is 3.28. The number of sulfonamides is 1. The van der Waals surface area contributed by atoms with Crippen molar-refractivity contribution < 1.29 is 13.2 Å². The van der Waals surface area contributed by atoms with Crippen LogP contribution in [0.1, 0.15) is 28.9 Å². The smallest absolute Gasteiger partial charge is 0.251 e. The molecule has 0 aliphatic heterocycles. The molecule has 24 heavy (non-hydrogen) atoms. The van der Waals surface area contributed by atoms with Crippen LogP contribution in [0.25, 0.3) is 0 Å². The largest absolute Gasteiger partial charge is 0.345 e. The summed E-state index contributed by atoms with van der Waals surface area (Å²) in [5.74, 6) is -0.342. The molecule has 2 rings (SSSR count). The summed E-state index contributed by atoms with van der Waals surface area (Å²) in [4.78, 5) is 12.4. The van der Waals surface area contributed by atoms with Gasteiger partial charge >= 0.3 is 0 Å². The quantitative estimate of drug-likeness (QED) is 0.818. The van der Waals surface area contributed by atoms with Crippen molar-refractivity contribution in [3.8, 4) is 0 Å². The van der Waals surface area contributed by atoms with Crippen LogP contribution >= 0.6 is 23.2 Å². The molecule has 1 atom stereocenters. The van der Waals surface area contributed by atoms with Gasteiger partial charge in [0, 0.05) is 21.3 Å². The summed E-state index contributed by atoms with van der Waals surface area (Å²) in [6.45, 7) is 1.80. The monoisotopic (exact) mass is 386 g/mol. The average Bonchev–Trinajstić information content (AvgIpc) is 2.45. The van der Waals surface area contributed by atoms with E-state index in [0.717, 1.165) is 11.8 Å². The van der Waals surface area contributed by atoms with Crippen molar-refractivity contribution in [1.29, 1.82) is 0 Å². The Morgan fingerprint density at radius 1 is 1.12 bits per heavy atom. The third kappa shape index (κ3) is 5.12. The summed E-state index contributed by atoms with van der Waals surface area (Å²) in [5, 5.41) is 3.80. The zero-order valence-corrected chi connectivity index (χ0v) is 15.3. The molecule has 5 nitrogen and oxygen atoms in total. The lowest BCUT2D eigenvalue weighted by Crippen LogP contribution is -2.27. The van der Waals surface area contributed by atoms with E-state index in [2.05, 4.69) is 10.0 Å². The molecule has 1 unspecified atom stereocenters. The van der Waals surface area contributed by atoms with Gasteiger partial charge in [-0.15, -0.1) is 0 Å². The molecule has 2 aromatic carbocycles. The number of halogens is 2. The number of carbonyl (C=O) groups excluding carboxylic acids is 1. The van der Waals surface area contributed by atoms with Gasteiger partial charge in [0.05, 0.1) is 12.3 Å². The summed E-state index contributed by atoms with van der Waals surface area (Å²) in [5.41, 5.74) is 1.39. The highest BCUT2D eigenvalue weighted by molar-refractivity contribution is 7.92. The Kier molecular flexibility index (Phi) is 5.74. The first-order valence-electron chi connectivity index (χ1n) is 6.99. The zero-order chi connectivity index (χ0) is 17.9. The number of amides is 1. The zero-order valence-electron chi connectivity index (χ0n) is 13.0. The Morgan fingerprint density at radius 3 is 2.46 bits per heavy atom. The first-order valence-corrected chi connectivity index (χ1v) is 9.64. The van der Waals surface area contributed by atoms with Gasteiger partial charge in [-0.05, 0) is 42.8 Å². The number of benzene rings is 2. The lowest BCUT2D eigenvalue weighted by Gasteiger charge is -2.16.